The van der Waals surface area contributed by atoms with Crippen molar-refractivity contribution in [3.8, 4) is 12.1 Å². The van der Waals surface area contributed by atoms with Crippen molar-refractivity contribution in [1.82, 2.24) is 29.9 Å². The SMILES string of the molecule is CC#N.CC#N.[Rh].c1ccc([C+]2c3ccc([n-]3)[C+](c3ccccc3)c3ccc([n-]3)[C+](c3ccccc3)c3ccc([n-]3)[C+](c3ccccc3)c3ccc2[n-]3)cc1.c1ccncc1.c1ccncc1. The number of nitriles is 2. The number of hydrogen-bond acceptors (Lipinski definition) is 4. The third kappa shape index (κ3) is 12.3. The van der Waals surface area contributed by atoms with Crippen LogP contribution in [0.4, 0.5) is 0 Å². The fourth-order valence-corrected chi connectivity index (χ4v) is 7.31. The van der Waals surface area contributed by atoms with Crippen LogP contribution in [0.15, 0.2) is 231 Å². The van der Waals surface area contributed by atoms with Crippen molar-refractivity contribution in [3.63, 3.8) is 0 Å². The average Bonchev–Trinajstić information content (AvgIpc) is 4.24. The summed E-state index contributed by atoms with van der Waals surface area (Å²) in [6, 6.07) is 73.3. The summed E-state index contributed by atoms with van der Waals surface area (Å²) < 4.78 is 0. The molecule has 9 heteroatoms. The predicted molar refractivity (Wildman–Crippen MR) is 258 cm³/mol. The minimum atomic E-state index is 0. The second-order valence-corrected chi connectivity index (χ2v) is 14.3. The molecule has 7 heterocycles. The minimum absolute atomic E-state index is 0. The number of rotatable bonds is 4. The summed E-state index contributed by atoms with van der Waals surface area (Å²) in [5, 5.41) is 14.6. The van der Waals surface area contributed by atoms with Gasteiger partial charge in [-0.3, -0.25) is 9.97 Å². The molecule has 0 saturated carbocycles. The van der Waals surface area contributed by atoms with E-state index in [9.17, 15) is 0 Å². The molecule has 0 N–H and O–H groups in total. The molecule has 0 spiro atoms. The van der Waals surface area contributed by atoms with E-state index in [0.717, 1.165) is 91.5 Å². The maximum Gasteiger partial charge on any atom is 0.0768 e. The van der Waals surface area contributed by atoms with Crippen LogP contribution in [0.3, 0.4) is 0 Å². The van der Waals surface area contributed by atoms with Crippen molar-refractivity contribution in [2.75, 3.05) is 0 Å². The van der Waals surface area contributed by atoms with E-state index in [2.05, 4.69) is 156 Å². The van der Waals surface area contributed by atoms with Gasteiger partial charge in [-0.05, 0) is 143 Å². The standard InChI is InChI=1S/C44H28N4.2C5H5N.2C2H3N.Rh/c1-5-13-29(14-6-1)41-33-21-23-35(45-33)42(30-15-7-2-8-16-30)37-25-27-39(47-37)44(32-19-11-4-12-20-32)40-28-26-38(48-40)43(31-17-9-3-10-18-31)36-24-22-34(41)46-36;2*1-2-4-6-5-3-1;2*1-2-3;/h1-28H;2*1-5H;2*1H3;. The molecule has 8 nitrogen and oxygen atoms in total. The van der Waals surface area contributed by atoms with Gasteiger partial charge in [0.1, 0.15) is 0 Å². The smallest absolute Gasteiger partial charge is 0.0768 e. The minimum Gasteiger partial charge on any atom is -0.628 e. The van der Waals surface area contributed by atoms with Gasteiger partial charge in [0, 0.05) is 179 Å². The van der Waals surface area contributed by atoms with Gasteiger partial charge >= 0.3 is 0 Å². The molecule has 325 valence electrons. The first-order valence-corrected chi connectivity index (χ1v) is 21.2. The summed E-state index contributed by atoms with van der Waals surface area (Å²) in [7, 11) is 0. The molecular weight excluding hydrogens is 912 g/mol. The van der Waals surface area contributed by atoms with Crippen molar-refractivity contribution in [1.29, 1.82) is 10.5 Å². The average molecular weight is 956 g/mol. The van der Waals surface area contributed by atoms with Crippen LogP contribution in [0, 0.1) is 46.3 Å². The van der Waals surface area contributed by atoms with Crippen LogP contribution in [0.25, 0.3) is 0 Å². The Morgan fingerprint density at radius 2 is 0.463 bits per heavy atom. The van der Waals surface area contributed by atoms with Gasteiger partial charge in [0.25, 0.3) is 0 Å². The molecule has 0 saturated heterocycles. The van der Waals surface area contributed by atoms with Gasteiger partial charge < -0.3 is 19.9 Å². The zero-order valence-electron chi connectivity index (χ0n) is 36.9. The van der Waals surface area contributed by atoms with E-state index < -0.39 is 0 Å². The topological polar surface area (TPSA) is 130 Å². The molecule has 1 aliphatic rings. The molecule has 4 aromatic carbocycles. The van der Waals surface area contributed by atoms with Crippen LogP contribution in [0.1, 0.15) is 81.7 Å². The summed E-state index contributed by atoms with van der Waals surface area (Å²) in [6.45, 7) is 2.86. The number of nitrogens with zero attached hydrogens (tertiary/aromatic N) is 8. The van der Waals surface area contributed by atoms with Crippen LogP contribution >= 0.6 is 0 Å². The Bertz CT molecular complexity index is 2490. The number of hydrogen-bond donors (Lipinski definition) is 0. The van der Waals surface area contributed by atoms with Gasteiger partial charge in [-0.2, -0.15) is 10.5 Å². The molecule has 11 rings (SSSR count). The normalized spacial score (nSPS) is 10.9. The van der Waals surface area contributed by atoms with Crippen molar-refractivity contribution in [2.24, 2.45) is 0 Å². The maximum atomic E-state index is 7.32. The molecule has 0 fully saturated rings. The third-order valence-corrected chi connectivity index (χ3v) is 9.99. The van der Waals surface area contributed by atoms with E-state index in [4.69, 9.17) is 30.5 Å². The molecule has 0 atom stereocenters. The Hall–Kier alpha value is -8.62. The molecule has 1 aliphatic heterocycles. The third-order valence-electron chi connectivity index (χ3n) is 9.99. The van der Waals surface area contributed by atoms with E-state index in [1.165, 1.54) is 13.8 Å². The van der Waals surface area contributed by atoms with Gasteiger partial charge in [-0.15, -0.1) is 0 Å². The Morgan fingerprint density at radius 1 is 0.299 bits per heavy atom. The summed E-state index contributed by atoms with van der Waals surface area (Å²) in [4.78, 5) is 28.8. The summed E-state index contributed by atoms with van der Waals surface area (Å²) in [6.07, 6.45) is 7.00. The molecule has 1 radical (unpaired) electrons. The molecule has 10 aromatic rings. The summed E-state index contributed by atoms with van der Waals surface area (Å²) in [5.41, 5.74) is 11.1. The Labute approximate surface area is 406 Å². The fraction of sp³-hybridized carbons (Fsp3) is 0.0345. The van der Waals surface area contributed by atoms with Gasteiger partial charge in [0.15, 0.2) is 0 Å². The Kier molecular flexibility index (Phi) is 17.9. The summed E-state index contributed by atoms with van der Waals surface area (Å²) >= 11 is 0. The monoisotopic (exact) mass is 955 g/mol. The molecular formula is C58H44N8Rh. The number of fused-ring (bicyclic) bond motifs is 8. The number of pyridine rings is 2. The first-order valence-electron chi connectivity index (χ1n) is 21.2. The van der Waals surface area contributed by atoms with Crippen molar-refractivity contribution >= 4 is 0 Å². The number of aromatic nitrogens is 6. The predicted octanol–water partition coefficient (Wildman–Crippen LogP) is 11.1. The van der Waals surface area contributed by atoms with E-state index in [1.54, 1.807) is 36.9 Å². The molecule has 67 heavy (non-hydrogen) atoms. The molecule has 6 aromatic heterocycles. The molecule has 0 aliphatic carbocycles. The van der Waals surface area contributed by atoms with Crippen LogP contribution < -0.4 is 19.9 Å². The van der Waals surface area contributed by atoms with Crippen LogP contribution in [-0.2, 0) is 19.5 Å². The van der Waals surface area contributed by atoms with Crippen molar-refractivity contribution in [3.05, 3.63) is 323 Å². The van der Waals surface area contributed by atoms with Gasteiger partial charge in [-0.25, -0.2) is 0 Å². The second kappa shape index (κ2) is 25.0. The fourth-order valence-electron chi connectivity index (χ4n) is 7.31. The van der Waals surface area contributed by atoms with Gasteiger partial charge in [-0.1, -0.05) is 12.1 Å². The second-order valence-electron chi connectivity index (χ2n) is 14.3. The summed E-state index contributed by atoms with van der Waals surface area (Å²) in [5.74, 6) is 3.91. The van der Waals surface area contributed by atoms with Gasteiger partial charge in [0.2, 0.25) is 0 Å². The maximum absolute atomic E-state index is 7.32. The first-order chi connectivity index (χ1) is 32.6. The van der Waals surface area contributed by atoms with Crippen molar-refractivity contribution < 1.29 is 19.5 Å². The zero-order chi connectivity index (χ0) is 45.8. The Balaban J connectivity index is 0.000000330. The molecule has 8 bridgehead atoms. The Morgan fingerprint density at radius 3 is 0.597 bits per heavy atom. The van der Waals surface area contributed by atoms with Crippen LogP contribution in [-0.4, -0.2) is 9.97 Å². The molecule has 0 unspecified atom stereocenters. The first kappa shape index (κ1) is 47.9. The molecule has 0 amide bonds. The van der Waals surface area contributed by atoms with E-state index in [0.29, 0.717) is 0 Å². The van der Waals surface area contributed by atoms with Gasteiger partial charge in [0.05, 0.1) is 34.4 Å². The van der Waals surface area contributed by atoms with E-state index in [1.807, 2.05) is 60.7 Å². The van der Waals surface area contributed by atoms with E-state index >= 15 is 0 Å². The largest absolute Gasteiger partial charge is 0.628 e. The van der Waals surface area contributed by atoms with E-state index in [-0.39, 0.29) is 19.5 Å². The zero-order valence-corrected chi connectivity index (χ0v) is 38.5. The number of benzene rings is 4. The van der Waals surface area contributed by atoms with Crippen LogP contribution in [0.2, 0.25) is 0 Å². The quantitative estimate of drug-likeness (QED) is 0.126. The van der Waals surface area contributed by atoms with Crippen LogP contribution in [0.5, 0.6) is 0 Å². The van der Waals surface area contributed by atoms with Crippen molar-refractivity contribution in [2.45, 2.75) is 13.8 Å².